The highest BCUT2D eigenvalue weighted by Crippen LogP contribution is 2.31. The maximum absolute atomic E-state index is 13.1. The fraction of sp³-hybridized carbons (Fsp3) is 0.455. The van der Waals surface area contributed by atoms with Crippen molar-refractivity contribution in [3.63, 3.8) is 0 Å². The minimum atomic E-state index is -2.49. The van der Waals surface area contributed by atoms with E-state index in [1.165, 1.54) is 4.57 Å². The predicted octanol–water partition coefficient (Wildman–Crippen LogP) is 3.74. The molecule has 0 spiro atoms. The number of pyridine rings is 1. The molecule has 1 aliphatic heterocycles. The summed E-state index contributed by atoms with van der Waals surface area (Å²) < 4.78 is 34.9. The Kier molecular flexibility index (Phi) is 5.35. The molecule has 0 amide bonds. The molecule has 5 rings (SSSR count). The molecule has 174 valence electrons. The van der Waals surface area contributed by atoms with Crippen molar-refractivity contribution in [2.24, 2.45) is 0 Å². The minimum Gasteiger partial charge on any atom is -0.381 e. The maximum Gasteiger partial charge on any atom is 0.256 e. The van der Waals surface area contributed by atoms with E-state index < -0.39 is 13.0 Å². The Labute approximate surface area is 189 Å². The number of anilines is 2. The fourth-order valence-corrected chi connectivity index (χ4v) is 4.30. The smallest absolute Gasteiger partial charge is 0.256 e. The molecule has 1 aliphatic rings. The van der Waals surface area contributed by atoms with Crippen molar-refractivity contribution in [2.75, 3.05) is 30.9 Å². The molecule has 0 unspecified atom stereocenters. The summed E-state index contributed by atoms with van der Waals surface area (Å²) in [7, 11) is 1.80. The maximum atomic E-state index is 13.1. The Bertz CT molecular complexity index is 1310. The lowest BCUT2D eigenvalue weighted by atomic mass is 9.93. The Morgan fingerprint density at radius 1 is 1.15 bits per heavy atom. The number of hydrogen-bond donors (Lipinski definition) is 2. The average Bonchev–Trinajstić information content (AvgIpc) is 3.34. The van der Waals surface area contributed by atoms with Crippen molar-refractivity contribution < 1.29 is 13.5 Å². The molecule has 11 heteroatoms. The molecule has 9 nitrogen and oxygen atoms in total. The lowest BCUT2D eigenvalue weighted by molar-refractivity contribution is 0.0655. The van der Waals surface area contributed by atoms with Gasteiger partial charge < -0.3 is 19.9 Å². The van der Waals surface area contributed by atoms with Crippen molar-refractivity contribution in [2.45, 2.75) is 45.2 Å². The third kappa shape index (κ3) is 3.97. The molecule has 0 aromatic carbocycles. The van der Waals surface area contributed by atoms with E-state index in [0.29, 0.717) is 47.7 Å². The number of alkyl halides is 2. The Morgan fingerprint density at radius 3 is 2.67 bits per heavy atom. The zero-order valence-corrected chi connectivity index (χ0v) is 18.8. The SMILES string of the molecule is CNc1nc(NC2(C)CCOCC2)nn2ccc(-c3ccc4nc(C)n(CC(F)F)c4n3)c12. The Balaban J connectivity index is 1.57. The largest absolute Gasteiger partial charge is 0.381 e. The van der Waals surface area contributed by atoms with Crippen molar-refractivity contribution in [1.29, 1.82) is 0 Å². The van der Waals surface area contributed by atoms with Crippen LogP contribution in [-0.4, -0.2) is 61.4 Å². The van der Waals surface area contributed by atoms with Gasteiger partial charge in [0.05, 0.1) is 12.2 Å². The van der Waals surface area contributed by atoms with Gasteiger partial charge in [0.1, 0.15) is 16.9 Å². The van der Waals surface area contributed by atoms with Crippen LogP contribution in [0.25, 0.3) is 27.9 Å². The number of halogens is 2. The van der Waals surface area contributed by atoms with Gasteiger partial charge in [-0.2, -0.15) is 4.98 Å². The topological polar surface area (TPSA) is 94.2 Å². The van der Waals surface area contributed by atoms with E-state index in [1.807, 2.05) is 18.3 Å². The summed E-state index contributed by atoms with van der Waals surface area (Å²) in [6, 6.07) is 5.54. The molecular weight excluding hydrogens is 430 g/mol. The van der Waals surface area contributed by atoms with Gasteiger partial charge in [0.15, 0.2) is 11.5 Å². The second-order valence-electron chi connectivity index (χ2n) is 8.55. The molecule has 0 bridgehead atoms. The number of ether oxygens (including phenoxy) is 1. The average molecular weight is 457 g/mol. The van der Waals surface area contributed by atoms with Gasteiger partial charge >= 0.3 is 0 Å². The summed E-state index contributed by atoms with van der Waals surface area (Å²) in [5, 5.41) is 11.3. The monoisotopic (exact) mass is 456 g/mol. The fourth-order valence-electron chi connectivity index (χ4n) is 4.30. The normalized spacial score (nSPS) is 16.1. The first-order chi connectivity index (χ1) is 15.9. The number of hydrogen-bond acceptors (Lipinski definition) is 7. The van der Waals surface area contributed by atoms with Crippen LogP contribution in [0.5, 0.6) is 0 Å². The van der Waals surface area contributed by atoms with Crippen molar-refractivity contribution >= 4 is 28.4 Å². The Morgan fingerprint density at radius 2 is 1.94 bits per heavy atom. The minimum absolute atomic E-state index is 0.138. The summed E-state index contributed by atoms with van der Waals surface area (Å²) in [5.41, 5.74) is 3.07. The second kappa shape index (κ2) is 8.22. The van der Waals surface area contributed by atoms with Crippen molar-refractivity contribution in [3.05, 3.63) is 30.2 Å². The van der Waals surface area contributed by atoms with E-state index in [0.717, 1.165) is 23.9 Å². The summed E-state index contributed by atoms with van der Waals surface area (Å²) in [6.45, 7) is 4.81. The molecule has 4 aromatic heterocycles. The van der Waals surface area contributed by atoms with Crippen LogP contribution in [0.4, 0.5) is 20.5 Å². The molecule has 0 atom stereocenters. The van der Waals surface area contributed by atoms with E-state index in [9.17, 15) is 8.78 Å². The molecule has 5 heterocycles. The molecule has 0 aliphatic carbocycles. The number of aromatic nitrogens is 6. The number of nitrogens with zero attached hydrogens (tertiary/aromatic N) is 6. The van der Waals surface area contributed by atoms with Gasteiger partial charge in [-0.05, 0) is 44.9 Å². The predicted molar refractivity (Wildman–Crippen MR) is 122 cm³/mol. The third-order valence-corrected chi connectivity index (χ3v) is 6.14. The number of rotatable bonds is 6. The lowest BCUT2D eigenvalue weighted by Crippen LogP contribution is -2.41. The molecule has 0 radical (unpaired) electrons. The standard InChI is InChI=1S/C22H26F2N8O/c1-13-26-16-5-4-15(27-20(16)31(13)12-17(23)24)14-6-9-32-18(14)19(25-3)28-21(30-32)29-22(2)7-10-33-11-8-22/h4-6,9,17H,7-8,10-12H2,1-3H3,(H2,25,28,29,30). The first kappa shape index (κ1) is 21.5. The molecule has 33 heavy (non-hydrogen) atoms. The van der Waals surface area contributed by atoms with Crippen LogP contribution < -0.4 is 10.6 Å². The number of nitrogens with one attached hydrogen (secondary N) is 2. The molecule has 1 fully saturated rings. The summed E-state index contributed by atoms with van der Waals surface area (Å²) in [5.74, 6) is 1.67. The van der Waals surface area contributed by atoms with E-state index in [-0.39, 0.29) is 5.54 Å². The van der Waals surface area contributed by atoms with Crippen molar-refractivity contribution in [1.82, 2.24) is 29.1 Å². The van der Waals surface area contributed by atoms with Gasteiger partial charge in [-0.25, -0.2) is 23.3 Å². The van der Waals surface area contributed by atoms with Crippen LogP contribution in [0, 0.1) is 6.92 Å². The third-order valence-electron chi connectivity index (χ3n) is 6.14. The first-order valence-corrected chi connectivity index (χ1v) is 10.9. The zero-order chi connectivity index (χ0) is 23.2. The van der Waals surface area contributed by atoms with E-state index in [2.05, 4.69) is 32.6 Å². The van der Waals surface area contributed by atoms with Gasteiger partial charge in [-0.3, -0.25) is 0 Å². The van der Waals surface area contributed by atoms with Crippen LogP contribution in [-0.2, 0) is 11.3 Å². The lowest BCUT2D eigenvalue weighted by Gasteiger charge is -2.34. The number of imidazole rings is 1. The number of aryl methyl sites for hydroxylation is 1. The van der Waals surface area contributed by atoms with E-state index >= 15 is 0 Å². The van der Waals surface area contributed by atoms with E-state index in [4.69, 9.17) is 9.72 Å². The highest BCUT2D eigenvalue weighted by Gasteiger charge is 2.28. The van der Waals surface area contributed by atoms with Crippen molar-refractivity contribution in [3.8, 4) is 11.3 Å². The highest BCUT2D eigenvalue weighted by atomic mass is 19.3. The van der Waals surface area contributed by atoms with Gasteiger partial charge in [0.25, 0.3) is 6.43 Å². The van der Waals surface area contributed by atoms with Gasteiger partial charge in [0, 0.05) is 37.6 Å². The Hall–Kier alpha value is -3.34. The molecule has 0 saturated carbocycles. The van der Waals surface area contributed by atoms with E-state index in [1.54, 1.807) is 24.6 Å². The van der Waals surface area contributed by atoms with Crippen LogP contribution in [0.15, 0.2) is 24.4 Å². The molecule has 2 N–H and O–H groups in total. The molecular formula is C22H26F2N8O. The van der Waals surface area contributed by atoms with Crippen LogP contribution in [0.3, 0.4) is 0 Å². The highest BCUT2D eigenvalue weighted by molar-refractivity contribution is 5.89. The molecule has 1 saturated heterocycles. The van der Waals surface area contributed by atoms with Gasteiger partial charge in [0.2, 0.25) is 5.95 Å². The second-order valence-corrected chi connectivity index (χ2v) is 8.55. The molecule has 4 aromatic rings. The number of fused-ring (bicyclic) bond motifs is 2. The first-order valence-electron chi connectivity index (χ1n) is 10.9. The van der Waals surface area contributed by atoms with Crippen LogP contribution in [0.1, 0.15) is 25.6 Å². The van der Waals surface area contributed by atoms with Crippen LogP contribution >= 0.6 is 0 Å². The summed E-state index contributed by atoms with van der Waals surface area (Å²) >= 11 is 0. The summed E-state index contributed by atoms with van der Waals surface area (Å²) in [4.78, 5) is 13.8. The van der Waals surface area contributed by atoms with Gasteiger partial charge in [-0.1, -0.05) is 0 Å². The van der Waals surface area contributed by atoms with Crippen LogP contribution in [0.2, 0.25) is 0 Å². The quantitative estimate of drug-likeness (QED) is 0.456. The van der Waals surface area contributed by atoms with Gasteiger partial charge in [-0.15, -0.1) is 5.10 Å². The summed E-state index contributed by atoms with van der Waals surface area (Å²) in [6.07, 6.45) is 1.10. The zero-order valence-electron chi connectivity index (χ0n) is 18.8.